The van der Waals surface area contributed by atoms with Crippen LogP contribution < -0.4 is 5.32 Å². The maximum Gasteiger partial charge on any atom is 0.120 e. The highest BCUT2D eigenvalue weighted by Crippen LogP contribution is 2.16. The summed E-state index contributed by atoms with van der Waals surface area (Å²) in [4.78, 5) is 2.37. The molecule has 17 heavy (non-hydrogen) atoms. The highest BCUT2D eigenvalue weighted by atomic mass is 16.5. The second kappa shape index (κ2) is 6.19. The second-order valence-corrected chi connectivity index (χ2v) is 4.49. The summed E-state index contributed by atoms with van der Waals surface area (Å²) in [6.45, 7) is 10.6. The zero-order valence-corrected chi connectivity index (χ0v) is 10.8. The van der Waals surface area contributed by atoms with Gasteiger partial charge in [-0.2, -0.15) is 0 Å². The Balaban J connectivity index is 1.91. The molecule has 0 radical (unpaired) electrons. The lowest BCUT2D eigenvalue weighted by Gasteiger charge is -2.25. The van der Waals surface area contributed by atoms with E-state index in [1.807, 2.05) is 0 Å². The summed E-state index contributed by atoms with van der Waals surface area (Å²) in [5.74, 6) is 2.13. The van der Waals surface area contributed by atoms with Crippen LogP contribution in [0.3, 0.4) is 0 Å². The Bertz CT molecular complexity index is 343. The van der Waals surface area contributed by atoms with Crippen LogP contribution in [0.2, 0.25) is 0 Å². The number of ether oxygens (including phenoxy) is 1. The van der Waals surface area contributed by atoms with Gasteiger partial charge in [-0.25, -0.2) is 0 Å². The summed E-state index contributed by atoms with van der Waals surface area (Å²) in [7, 11) is 0. The molecule has 0 amide bonds. The minimum atomic E-state index is 0.825. The maximum absolute atomic E-state index is 5.87. The summed E-state index contributed by atoms with van der Waals surface area (Å²) in [5, 5.41) is 3.29. The minimum Gasteiger partial charge on any atom is -0.463 e. The Kier molecular flexibility index (Phi) is 4.59. The Hall–Kier alpha value is -0.840. The molecular weight excluding hydrogens is 216 g/mol. The van der Waals surface area contributed by atoms with E-state index in [4.69, 9.17) is 9.15 Å². The third-order valence-electron chi connectivity index (χ3n) is 3.09. The van der Waals surface area contributed by atoms with E-state index in [2.05, 4.69) is 30.1 Å². The molecule has 2 rings (SSSR count). The first-order chi connectivity index (χ1) is 8.29. The monoisotopic (exact) mass is 238 g/mol. The van der Waals surface area contributed by atoms with Gasteiger partial charge in [-0.3, -0.25) is 4.90 Å². The molecule has 1 aromatic rings. The molecule has 4 heteroatoms. The van der Waals surface area contributed by atoms with Gasteiger partial charge in [-0.15, -0.1) is 0 Å². The van der Waals surface area contributed by atoms with Crippen LogP contribution in [0.4, 0.5) is 0 Å². The smallest absolute Gasteiger partial charge is 0.120 e. The van der Waals surface area contributed by atoms with Crippen LogP contribution in [0.25, 0.3) is 0 Å². The van der Waals surface area contributed by atoms with Crippen molar-refractivity contribution in [2.24, 2.45) is 0 Å². The van der Waals surface area contributed by atoms with E-state index in [1.165, 1.54) is 5.56 Å². The van der Waals surface area contributed by atoms with Crippen LogP contribution in [0.15, 0.2) is 10.5 Å². The predicted molar refractivity (Wildman–Crippen MR) is 66.9 cm³/mol. The van der Waals surface area contributed by atoms with E-state index in [0.29, 0.717) is 0 Å². The van der Waals surface area contributed by atoms with Gasteiger partial charge >= 0.3 is 0 Å². The average Bonchev–Trinajstić information content (AvgIpc) is 2.68. The van der Waals surface area contributed by atoms with Crippen LogP contribution in [0, 0.1) is 6.92 Å². The van der Waals surface area contributed by atoms with Crippen molar-refractivity contribution in [2.75, 3.05) is 32.8 Å². The van der Waals surface area contributed by atoms with Crippen molar-refractivity contribution in [1.82, 2.24) is 10.2 Å². The number of hydrogen-bond acceptors (Lipinski definition) is 4. The summed E-state index contributed by atoms with van der Waals surface area (Å²) in [5.41, 5.74) is 1.24. The fourth-order valence-electron chi connectivity index (χ4n) is 2.06. The minimum absolute atomic E-state index is 0.825. The third-order valence-corrected chi connectivity index (χ3v) is 3.09. The molecule has 0 bridgehead atoms. The van der Waals surface area contributed by atoms with Gasteiger partial charge < -0.3 is 14.5 Å². The molecule has 1 aromatic heterocycles. The molecule has 1 aliphatic heterocycles. The van der Waals surface area contributed by atoms with E-state index < -0.39 is 0 Å². The first-order valence-corrected chi connectivity index (χ1v) is 6.38. The topological polar surface area (TPSA) is 37.6 Å². The van der Waals surface area contributed by atoms with E-state index in [-0.39, 0.29) is 0 Å². The Labute approximate surface area is 103 Å². The van der Waals surface area contributed by atoms with Crippen molar-refractivity contribution >= 4 is 0 Å². The molecule has 0 saturated carbocycles. The van der Waals surface area contributed by atoms with Gasteiger partial charge in [0.05, 0.1) is 26.3 Å². The van der Waals surface area contributed by atoms with E-state index in [9.17, 15) is 0 Å². The molecule has 4 nitrogen and oxygen atoms in total. The molecule has 2 heterocycles. The van der Waals surface area contributed by atoms with Gasteiger partial charge in [-0.05, 0) is 25.1 Å². The highest BCUT2D eigenvalue weighted by Gasteiger charge is 2.14. The molecule has 0 atom stereocenters. The molecule has 0 aromatic carbocycles. The zero-order chi connectivity index (χ0) is 12.1. The Morgan fingerprint density at radius 2 is 2.12 bits per heavy atom. The van der Waals surface area contributed by atoms with Gasteiger partial charge in [0.2, 0.25) is 0 Å². The van der Waals surface area contributed by atoms with Crippen molar-refractivity contribution in [3.05, 3.63) is 23.2 Å². The standard InChI is InChI=1S/C13H22N2O2/c1-3-14-9-13-11(2)8-12(17-13)10-15-4-6-16-7-5-15/h8,14H,3-7,9-10H2,1-2H3. The van der Waals surface area contributed by atoms with Gasteiger partial charge in [0.15, 0.2) is 0 Å². The molecule has 1 saturated heterocycles. The first kappa shape index (κ1) is 12.6. The molecule has 1 aliphatic rings. The van der Waals surface area contributed by atoms with Crippen molar-refractivity contribution < 1.29 is 9.15 Å². The molecule has 0 aliphatic carbocycles. The van der Waals surface area contributed by atoms with Gasteiger partial charge in [0.25, 0.3) is 0 Å². The summed E-state index contributed by atoms with van der Waals surface area (Å²) < 4.78 is 11.2. The number of furan rings is 1. The predicted octanol–water partition coefficient (Wildman–Crippen LogP) is 1.53. The molecule has 0 spiro atoms. The lowest BCUT2D eigenvalue weighted by Crippen LogP contribution is -2.35. The normalized spacial score (nSPS) is 17.5. The van der Waals surface area contributed by atoms with E-state index in [1.54, 1.807) is 0 Å². The quantitative estimate of drug-likeness (QED) is 0.844. The van der Waals surface area contributed by atoms with E-state index >= 15 is 0 Å². The Morgan fingerprint density at radius 1 is 1.35 bits per heavy atom. The van der Waals surface area contributed by atoms with Crippen LogP contribution in [0.5, 0.6) is 0 Å². The number of morpholine rings is 1. The Morgan fingerprint density at radius 3 is 2.82 bits per heavy atom. The fourth-order valence-corrected chi connectivity index (χ4v) is 2.06. The largest absolute Gasteiger partial charge is 0.463 e. The number of aryl methyl sites for hydroxylation is 1. The zero-order valence-electron chi connectivity index (χ0n) is 10.8. The number of rotatable bonds is 5. The summed E-state index contributed by atoms with van der Waals surface area (Å²) in [6, 6.07) is 2.15. The second-order valence-electron chi connectivity index (χ2n) is 4.49. The van der Waals surface area contributed by atoms with Gasteiger partial charge in [0, 0.05) is 13.1 Å². The van der Waals surface area contributed by atoms with Crippen molar-refractivity contribution in [2.45, 2.75) is 26.9 Å². The van der Waals surface area contributed by atoms with Crippen molar-refractivity contribution in [3.63, 3.8) is 0 Å². The summed E-state index contributed by atoms with van der Waals surface area (Å²) in [6.07, 6.45) is 0. The average molecular weight is 238 g/mol. The molecule has 0 unspecified atom stereocenters. The molecular formula is C13H22N2O2. The molecule has 1 N–H and O–H groups in total. The number of nitrogens with zero attached hydrogens (tertiary/aromatic N) is 1. The van der Waals surface area contributed by atoms with E-state index in [0.717, 1.165) is 57.5 Å². The first-order valence-electron chi connectivity index (χ1n) is 6.38. The fraction of sp³-hybridized carbons (Fsp3) is 0.692. The third kappa shape index (κ3) is 3.56. The maximum atomic E-state index is 5.87. The van der Waals surface area contributed by atoms with Gasteiger partial charge in [-0.1, -0.05) is 6.92 Å². The molecule has 1 fully saturated rings. The number of nitrogens with one attached hydrogen (secondary N) is 1. The lowest BCUT2D eigenvalue weighted by atomic mass is 10.2. The number of hydrogen-bond donors (Lipinski definition) is 1. The summed E-state index contributed by atoms with van der Waals surface area (Å²) >= 11 is 0. The van der Waals surface area contributed by atoms with Crippen molar-refractivity contribution in [1.29, 1.82) is 0 Å². The SMILES string of the molecule is CCNCc1oc(CN2CCOCC2)cc1C. The van der Waals surface area contributed by atoms with Crippen LogP contribution in [0.1, 0.15) is 24.0 Å². The van der Waals surface area contributed by atoms with Crippen molar-refractivity contribution in [3.8, 4) is 0 Å². The van der Waals surface area contributed by atoms with Crippen LogP contribution >= 0.6 is 0 Å². The lowest BCUT2D eigenvalue weighted by molar-refractivity contribution is 0.0312. The van der Waals surface area contributed by atoms with Crippen LogP contribution in [-0.4, -0.2) is 37.7 Å². The van der Waals surface area contributed by atoms with Crippen LogP contribution in [-0.2, 0) is 17.8 Å². The van der Waals surface area contributed by atoms with Gasteiger partial charge in [0.1, 0.15) is 11.5 Å². The highest BCUT2D eigenvalue weighted by molar-refractivity contribution is 5.20. The molecule has 96 valence electrons.